The summed E-state index contributed by atoms with van der Waals surface area (Å²) in [6, 6.07) is 9.55. The second kappa shape index (κ2) is 19.0. The molecule has 3 unspecified atom stereocenters. The maximum Gasteiger partial charge on any atom is 0.407 e. The van der Waals surface area contributed by atoms with E-state index in [1.165, 1.54) is 36.5 Å². The highest BCUT2D eigenvalue weighted by Crippen LogP contribution is 2.45. The molecule has 5 aromatic rings. The number of phenolic OH excluding ortho intramolecular Hbond substituents is 1. The molecular weight excluding hydrogens is 943 g/mol. The highest BCUT2D eigenvalue weighted by Gasteiger charge is 2.52. The molecule has 20 heteroatoms. The molecular formula is C53H52F2N10O8. The number of fused-ring (bicyclic) bond motifs is 6. The molecule has 0 spiro atoms. The molecule has 5 N–H and O–H groups in total. The van der Waals surface area contributed by atoms with Gasteiger partial charge in [-0.1, -0.05) is 30.2 Å². The van der Waals surface area contributed by atoms with E-state index >= 15 is 8.78 Å². The summed E-state index contributed by atoms with van der Waals surface area (Å²) in [5.41, 5.74) is 1.11. The number of benzene rings is 3. The van der Waals surface area contributed by atoms with Gasteiger partial charge in [-0.25, -0.2) is 13.6 Å². The van der Waals surface area contributed by atoms with Gasteiger partial charge in [-0.05, 0) is 87.1 Å². The number of hydrogen-bond donors (Lipinski definition) is 5. The number of anilines is 2. The minimum Gasteiger partial charge on any atom is -0.508 e. The smallest absolute Gasteiger partial charge is 0.407 e. The van der Waals surface area contributed by atoms with E-state index in [1.54, 1.807) is 12.1 Å². The first kappa shape index (κ1) is 47.6. The van der Waals surface area contributed by atoms with Gasteiger partial charge in [0.05, 0.1) is 27.6 Å². The molecule has 376 valence electrons. The normalized spacial score (nSPS) is 23.5. The number of halogens is 2. The van der Waals surface area contributed by atoms with Crippen molar-refractivity contribution in [3.05, 3.63) is 89.1 Å². The van der Waals surface area contributed by atoms with Gasteiger partial charge in [0.15, 0.2) is 5.82 Å². The molecule has 18 nitrogen and oxygen atoms in total. The van der Waals surface area contributed by atoms with Crippen molar-refractivity contribution in [1.29, 1.82) is 0 Å². The summed E-state index contributed by atoms with van der Waals surface area (Å²) in [6.07, 6.45) is 12.0. The average Bonchev–Trinajstić information content (AvgIpc) is 4.08. The molecule has 11 rings (SSSR count). The molecule has 8 heterocycles. The van der Waals surface area contributed by atoms with Crippen LogP contribution in [-0.4, -0.2) is 135 Å². The van der Waals surface area contributed by atoms with Crippen LogP contribution in [-0.2, 0) is 14.3 Å². The predicted octanol–water partition coefficient (Wildman–Crippen LogP) is 5.31. The van der Waals surface area contributed by atoms with E-state index in [4.69, 9.17) is 20.9 Å². The monoisotopic (exact) mass is 994 g/mol. The van der Waals surface area contributed by atoms with E-state index in [2.05, 4.69) is 53.5 Å². The van der Waals surface area contributed by atoms with Crippen molar-refractivity contribution in [3.8, 4) is 35.4 Å². The number of amides is 5. The number of alkyl carbamates (subject to hydrolysis) is 1. The third-order valence-electron chi connectivity index (χ3n) is 15.1. The molecule has 5 amide bonds. The third-order valence-corrected chi connectivity index (χ3v) is 15.1. The lowest BCUT2D eigenvalue weighted by Crippen LogP contribution is -2.54. The van der Waals surface area contributed by atoms with Crippen LogP contribution in [0, 0.1) is 24.0 Å². The Hall–Kier alpha value is -7.76. The number of ether oxygens (including phenoxy) is 2. The predicted molar refractivity (Wildman–Crippen MR) is 264 cm³/mol. The van der Waals surface area contributed by atoms with Gasteiger partial charge < -0.3 is 35.4 Å². The largest absolute Gasteiger partial charge is 0.508 e. The van der Waals surface area contributed by atoms with Crippen molar-refractivity contribution in [3.63, 3.8) is 0 Å². The lowest BCUT2D eigenvalue weighted by molar-refractivity contribution is -0.136. The Morgan fingerprint density at radius 1 is 1.00 bits per heavy atom. The number of hydrogen-bond acceptors (Lipinski definition) is 15. The first-order valence-electron chi connectivity index (χ1n) is 24.6. The fourth-order valence-corrected chi connectivity index (χ4v) is 11.7. The van der Waals surface area contributed by atoms with Gasteiger partial charge in [0, 0.05) is 80.1 Å². The van der Waals surface area contributed by atoms with Crippen LogP contribution in [0.5, 0.6) is 11.8 Å². The van der Waals surface area contributed by atoms with Crippen LogP contribution in [0.3, 0.4) is 0 Å². The summed E-state index contributed by atoms with van der Waals surface area (Å²) in [6.45, 7) is 7.17. The number of piperazine rings is 1. The van der Waals surface area contributed by atoms with Crippen LogP contribution < -0.4 is 30.9 Å². The van der Waals surface area contributed by atoms with Gasteiger partial charge in [-0.3, -0.25) is 39.3 Å². The third kappa shape index (κ3) is 8.69. The van der Waals surface area contributed by atoms with Crippen LogP contribution in [0.2, 0.25) is 0 Å². The fraction of sp³-hybridized carbons (Fsp3) is 0.396. The number of nitrogens with zero attached hydrogens (tertiary/aromatic N) is 6. The summed E-state index contributed by atoms with van der Waals surface area (Å²) >= 11 is 0. The van der Waals surface area contributed by atoms with Gasteiger partial charge in [-0.15, -0.1) is 6.42 Å². The number of piperidine rings is 1. The number of aromatic hydroxyl groups is 1. The van der Waals surface area contributed by atoms with Crippen LogP contribution >= 0.6 is 0 Å². The second-order valence-corrected chi connectivity index (χ2v) is 19.8. The molecule has 0 radical (unpaired) electrons. The topological polar surface area (TPSA) is 221 Å². The quantitative estimate of drug-likeness (QED) is 0.0412. The van der Waals surface area contributed by atoms with E-state index in [0.29, 0.717) is 87.1 Å². The number of imide groups is 2. The first-order valence-corrected chi connectivity index (χ1v) is 24.6. The molecule has 5 atom stereocenters. The zero-order valence-electron chi connectivity index (χ0n) is 39.8. The number of unbranched alkanes of at least 4 members (excludes halogenated alkanes) is 1. The van der Waals surface area contributed by atoms with Crippen LogP contribution in [0.4, 0.5) is 25.1 Å². The van der Waals surface area contributed by atoms with E-state index in [9.17, 15) is 29.1 Å². The molecule has 0 saturated carbocycles. The van der Waals surface area contributed by atoms with Crippen molar-refractivity contribution in [1.82, 2.24) is 40.7 Å². The summed E-state index contributed by atoms with van der Waals surface area (Å²) in [5.74, 6) is -1.08. The molecule has 5 saturated heterocycles. The van der Waals surface area contributed by atoms with Gasteiger partial charge in [0.25, 0.3) is 11.8 Å². The van der Waals surface area contributed by atoms with Crippen LogP contribution in [0.25, 0.3) is 32.9 Å². The molecule has 6 aliphatic rings. The van der Waals surface area contributed by atoms with Crippen LogP contribution in [0.1, 0.15) is 84.1 Å². The number of rotatable bonds is 14. The average molecular weight is 995 g/mol. The van der Waals surface area contributed by atoms with E-state index < -0.39 is 52.9 Å². The summed E-state index contributed by atoms with van der Waals surface area (Å²) < 4.78 is 44.5. The van der Waals surface area contributed by atoms with Crippen molar-refractivity contribution in [2.24, 2.45) is 0 Å². The highest BCUT2D eigenvalue weighted by atomic mass is 19.1. The zero-order valence-corrected chi connectivity index (χ0v) is 39.8. The number of aromatic nitrogens is 3. The number of pyridine rings is 1. The van der Waals surface area contributed by atoms with E-state index in [0.717, 1.165) is 23.3 Å². The van der Waals surface area contributed by atoms with Crippen molar-refractivity contribution >= 4 is 62.9 Å². The molecule has 0 aliphatic carbocycles. The Morgan fingerprint density at radius 3 is 2.60 bits per heavy atom. The zero-order chi connectivity index (χ0) is 50.7. The van der Waals surface area contributed by atoms with Gasteiger partial charge in [0.2, 0.25) is 11.8 Å². The minimum absolute atomic E-state index is 0.0309. The molecule has 6 aliphatic heterocycles. The van der Waals surface area contributed by atoms with Crippen molar-refractivity contribution in [2.45, 2.75) is 87.5 Å². The summed E-state index contributed by atoms with van der Waals surface area (Å²) in [5, 5.41) is 23.6. The molecule has 3 aromatic carbocycles. The Kier molecular flexibility index (Phi) is 12.4. The van der Waals surface area contributed by atoms with E-state index in [1.807, 2.05) is 0 Å². The van der Waals surface area contributed by atoms with Crippen molar-refractivity contribution in [2.75, 3.05) is 56.2 Å². The maximum atomic E-state index is 17.2. The fourth-order valence-electron chi connectivity index (χ4n) is 11.7. The number of phenols is 1. The number of carbonyl (C=O) groups is 5. The number of carbonyl (C=O) groups excluding carboxylic acids is 5. The summed E-state index contributed by atoms with van der Waals surface area (Å²) in [4.78, 5) is 83.2. The SMILES string of the molecule is C#Cc1c(F)ccc2cc(O)cc(-c3ncc4c(N5CC6CCC(C5)N6)nc(OC[C@@]56CC[C@@H](COC(=O)NCCCCNc7cccc8c7C(=O)N(C7CCC(=O)NC7=O)C8=O)N5CC(=C)C6)nc4c3F)c12. The Balaban J connectivity index is 0.733. The molecule has 2 aromatic heterocycles. The minimum atomic E-state index is -1.06. The highest BCUT2D eigenvalue weighted by molar-refractivity contribution is 6.25. The van der Waals surface area contributed by atoms with Gasteiger partial charge in [0.1, 0.15) is 47.9 Å². The number of terminal acetylenes is 1. The lowest BCUT2D eigenvalue weighted by Gasteiger charge is -2.35. The van der Waals surface area contributed by atoms with Crippen molar-refractivity contribution < 1.29 is 47.3 Å². The Bertz CT molecular complexity index is 3210. The Morgan fingerprint density at radius 2 is 1.81 bits per heavy atom. The maximum absolute atomic E-state index is 17.2. The summed E-state index contributed by atoms with van der Waals surface area (Å²) in [7, 11) is 0. The van der Waals surface area contributed by atoms with E-state index in [-0.39, 0.29) is 94.8 Å². The number of nitrogens with one attached hydrogen (secondary N) is 4. The molecule has 73 heavy (non-hydrogen) atoms. The first-order chi connectivity index (χ1) is 35.3. The van der Waals surface area contributed by atoms with Gasteiger partial charge in [-0.2, -0.15) is 9.97 Å². The molecule has 5 fully saturated rings. The lowest BCUT2D eigenvalue weighted by atomic mass is 9.94. The standard InChI is InChI=1S/C53H52F2N10O8/c1-3-34-38(54)12-9-29-19-33(66)20-36(42(29)34)45-44(55)46-37(22-58-45)47(63-24-30-10-11-31(25-63)59-30)62-51(61-46)73-27-53-16-15-32(64(53)23-28(2)21-53)26-72-52(71)57-18-5-4-17-56-39-8-6-7-35-43(39)50(70)65(49(35)69)40-13-14-41(67)60-48(40)68/h1,6-9,12,19-20,22,30-32,40,56,59,66H,2,4-5,10-11,13-18,21,23-27H2,(H,57,71)(H,60,67,68)/t30?,31?,32-,40?,53-/m0/s1. The molecule has 2 bridgehead atoms. The van der Waals surface area contributed by atoms with Crippen LogP contribution in [0.15, 0.2) is 60.8 Å². The second-order valence-electron chi connectivity index (χ2n) is 19.8. The Labute approximate surface area is 417 Å². The van der Waals surface area contributed by atoms with Gasteiger partial charge >= 0.3 is 12.1 Å².